The quantitative estimate of drug-likeness (QED) is 0.310. The molecule has 3 aromatic heterocycles. The van der Waals surface area contributed by atoms with Crippen LogP contribution in [0.5, 0.6) is 0 Å². The second-order valence-corrected chi connectivity index (χ2v) is 9.37. The second kappa shape index (κ2) is 9.77. The molecule has 1 fully saturated rings. The Kier molecular flexibility index (Phi) is 6.40. The van der Waals surface area contributed by atoms with Gasteiger partial charge in [-0.25, -0.2) is 9.97 Å². The molecule has 1 aliphatic rings. The van der Waals surface area contributed by atoms with E-state index in [2.05, 4.69) is 9.97 Å². The SMILES string of the molecule is Cc1cnc(SCc2cccnc2)nc1C1CCCN(C(=O)c2cc(=O)c3ccccc3o2)C1. The summed E-state index contributed by atoms with van der Waals surface area (Å²) in [7, 11) is 0. The number of carbonyl (C=O) groups is 1. The molecule has 0 radical (unpaired) electrons. The van der Waals surface area contributed by atoms with Crippen LogP contribution < -0.4 is 5.43 Å². The normalized spacial score (nSPS) is 16.0. The molecule has 1 aliphatic heterocycles. The fourth-order valence-electron chi connectivity index (χ4n) is 4.30. The maximum absolute atomic E-state index is 13.2. The summed E-state index contributed by atoms with van der Waals surface area (Å²) in [5.41, 5.74) is 3.32. The zero-order chi connectivity index (χ0) is 23.5. The van der Waals surface area contributed by atoms with Gasteiger partial charge in [0.2, 0.25) is 0 Å². The molecule has 1 unspecified atom stereocenters. The number of aryl methyl sites for hydroxylation is 1. The van der Waals surface area contributed by atoms with E-state index in [0.717, 1.165) is 35.4 Å². The van der Waals surface area contributed by atoms with Crippen molar-refractivity contribution in [2.75, 3.05) is 13.1 Å². The lowest BCUT2D eigenvalue weighted by molar-refractivity contribution is 0.0673. The second-order valence-electron chi connectivity index (χ2n) is 8.43. The number of hydrogen-bond donors (Lipinski definition) is 0. The molecule has 0 N–H and O–H groups in total. The lowest BCUT2D eigenvalue weighted by Crippen LogP contribution is -2.39. The lowest BCUT2D eigenvalue weighted by atomic mass is 9.92. The van der Waals surface area contributed by atoms with Gasteiger partial charge in [0.1, 0.15) is 5.58 Å². The molecule has 7 nitrogen and oxygen atoms in total. The van der Waals surface area contributed by atoms with E-state index in [0.29, 0.717) is 29.2 Å². The Hall–Kier alpha value is -3.52. The molecule has 5 rings (SSSR count). The molecule has 4 heterocycles. The predicted molar refractivity (Wildman–Crippen MR) is 131 cm³/mol. The average molecular weight is 473 g/mol. The Labute approximate surface area is 201 Å². The minimum atomic E-state index is -0.259. The van der Waals surface area contributed by atoms with E-state index in [-0.39, 0.29) is 23.0 Å². The number of fused-ring (bicyclic) bond motifs is 1. The van der Waals surface area contributed by atoms with E-state index in [1.54, 1.807) is 47.1 Å². The summed E-state index contributed by atoms with van der Waals surface area (Å²) in [6.07, 6.45) is 7.26. The van der Waals surface area contributed by atoms with E-state index < -0.39 is 0 Å². The number of piperidine rings is 1. The standard InChI is InChI=1S/C26H24N4O3S/c1-17-13-28-26(34-16-18-6-4-10-27-14-18)29-24(17)19-7-5-11-30(15-19)25(32)23-12-21(31)20-8-2-3-9-22(20)33-23/h2-4,6,8-10,12-14,19H,5,7,11,15-16H2,1H3. The predicted octanol–water partition coefficient (Wildman–Crippen LogP) is 4.60. The van der Waals surface area contributed by atoms with Crippen molar-refractivity contribution in [3.05, 3.63) is 93.9 Å². The van der Waals surface area contributed by atoms with Crippen molar-refractivity contribution in [3.63, 3.8) is 0 Å². The van der Waals surface area contributed by atoms with Gasteiger partial charge in [0, 0.05) is 49.4 Å². The minimum Gasteiger partial charge on any atom is -0.451 e. The van der Waals surface area contributed by atoms with Gasteiger partial charge >= 0.3 is 0 Å². The van der Waals surface area contributed by atoms with Crippen LogP contribution in [-0.4, -0.2) is 38.8 Å². The highest BCUT2D eigenvalue weighted by Crippen LogP contribution is 2.30. The van der Waals surface area contributed by atoms with Gasteiger partial charge in [-0.05, 0) is 49.1 Å². The van der Waals surface area contributed by atoms with Crippen molar-refractivity contribution in [2.45, 2.75) is 36.6 Å². The van der Waals surface area contributed by atoms with Gasteiger partial charge in [0.15, 0.2) is 16.3 Å². The summed E-state index contributed by atoms with van der Waals surface area (Å²) >= 11 is 1.57. The number of likely N-dealkylation sites (tertiary alicyclic amines) is 1. The average Bonchev–Trinajstić information content (AvgIpc) is 2.88. The van der Waals surface area contributed by atoms with Crippen molar-refractivity contribution < 1.29 is 9.21 Å². The van der Waals surface area contributed by atoms with Gasteiger partial charge in [-0.3, -0.25) is 14.6 Å². The van der Waals surface area contributed by atoms with Gasteiger partial charge in [0.25, 0.3) is 5.91 Å². The van der Waals surface area contributed by atoms with Crippen LogP contribution in [0.4, 0.5) is 0 Å². The fraction of sp³-hybridized carbons (Fsp3) is 0.269. The Balaban J connectivity index is 1.34. The van der Waals surface area contributed by atoms with Crippen molar-refractivity contribution in [3.8, 4) is 0 Å². The third-order valence-electron chi connectivity index (χ3n) is 6.02. The largest absolute Gasteiger partial charge is 0.451 e. The number of amides is 1. The number of thioether (sulfide) groups is 1. The molecule has 1 saturated heterocycles. The Morgan fingerprint density at radius 2 is 2.09 bits per heavy atom. The van der Waals surface area contributed by atoms with Crippen LogP contribution in [0.2, 0.25) is 0 Å². The van der Waals surface area contributed by atoms with E-state index in [1.807, 2.05) is 31.5 Å². The molecule has 0 bridgehead atoms. The van der Waals surface area contributed by atoms with Crippen LogP contribution in [0.15, 0.2) is 75.4 Å². The number of benzene rings is 1. The van der Waals surface area contributed by atoms with Crippen molar-refractivity contribution in [1.29, 1.82) is 0 Å². The highest BCUT2D eigenvalue weighted by atomic mass is 32.2. The molecule has 0 saturated carbocycles. The Morgan fingerprint density at radius 1 is 1.21 bits per heavy atom. The summed E-state index contributed by atoms with van der Waals surface area (Å²) in [6.45, 7) is 3.16. The lowest BCUT2D eigenvalue weighted by Gasteiger charge is -2.32. The molecule has 0 aliphatic carbocycles. The highest BCUT2D eigenvalue weighted by molar-refractivity contribution is 7.98. The summed E-state index contributed by atoms with van der Waals surface area (Å²) in [6, 6.07) is 12.2. The number of pyridine rings is 1. The van der Waals surface area contributed by atoms with Gasteiger partial charge in [0.05, 0.1) is 11.1 Å². The number of carbonyl (C=O) groups excluding carboxylic acids is 1. The number of para-hydroxylation sites is 1. The first kappa shape index (κ1) is 22.3. The zero-order valence-electron chi connectivity index (χ0n) is 18.8. The third-order valence-corrected chi connectivity index (χ3v) is 6.95. The molecule has 4 aromatic rings. The summed E-state index contributed by atoms with van der Waals surface area (Å²) in [4.78, 5) is 41.0. The first-order valence-electron chi connectivity index (χ1n) is 11.3. The van der Waals surface area contributed by atoms with Crippen LogP contribution in [0.1, 0.15) is 46.1 Å². The van der Waals surface area contributed by atoms with Gasteiger partial charge in [-0.2, -0.15) is 0 Å². The minimum absolute atomic E-state index is 0.0801. The van der Waals surface area contributed by atoms with Crippen LogP contribution in [-0.2, 0) is 5.75 Å². The first-order chi connectivity index (χ1) is 16.6. The number of hydrogen-bond acceptors (Lipinski definition) is 7. The Morgan fingerprint density at radius 3 is 2.94 bits per heavy atom. The molecule has 172 valence electrons. The van der Waals surface area contributed by atoms with Gasteiger partial charge in [-0.1, -0.05) is 30.0 Å². The monoisotopic (exact) mass is 472 g/mol. The summed E-state index contributed by atoms with van der Waals surface area (Å²) in [5.74, 6) is 0.666. The number of nitrogens with zero attached hydrogens (tertiary/aromatic N) is 4. The van der Waals surface area contributed by atoms with Crippen LogP contribution in [0.3, 0.4) is 0 Å². The van der Waals surface area contributed by atoms with Crippen molar-refractivity contribution in [1.82, 2.24) is 19.9 Å². The first-order valence-corrected chi connectivity index (χ1v) is 12.2. The Bertz CT molecular complexity index is 1390. The molecular weight excluding hydrogens is 448 g/mol. The van der Waals surface area contributed by atoms with E-state index in [4.69, 9.17) is 9.40 Å². The van der Waals surface area contributed by atoms with Crippen molar-refractivity contribution >= 4 is 28.6 Å². The van der Waals surface area contributed by atoms with Crippen LogP contribution in [0, 0.1) is 6.92 Å². The molecule has 34 heavy (non-hydrogen) atoms. The third kappa shape index (κ3) is 4.72. The number of aromatic nitrogens is 3. The molecule has 8 heteroatoms. The molecule has 1 aromatic carbocycles. The zero-order valence-corrected chi connectivity index (χ0v) is 19.6. The van der Waals surface area contributed by atoms with E-state index >= 15 is 0 Å². The topological polar surface area (TPSA) is 89.2 Å². The van der Waals surface area contributed by atoms with Crippen molar-refractivity contribution in [2.24, 2.45) is 0 Å². The highest BCUT2D eigenvalue weighted by Gasteiger charge is 2.29. The van der Waals surface area contributed by atoms with Crippen LogP contribution in [0.25, 0.3) is 11.0 Å². The molecule has 1 amide bonds. The van der Waals surface area contributed by atoms with Gasteiger partial charge < -0.3 is 9.32 Å². The number of rotatable bonds is 5. The molecule has 1 atom stereocenters. The van der Waals surface area contributed by atoms with Gasteiger partial charge in [-0.15, -0.1) is 0 Å². The van der Waals surface area contributed by atoms with E-state index in [1.165, 1.54) is 6.07 Å². The van der Waals surface area contributed by atoms with E-state index in [9.17, 15) is 9.59 Å². The maximum atomic E-state index is 13.2. The summed E-state index contributed by atoms with van der Waals surface area (Å²) < 4.78 is 5.79. The summed E-state index contributed by atoms with van der Waals surface area (Å²) in [5, 5.41) is 1.19. The molecular formula is C26H24N4O3S. The smallest absolute Gasteiger partial charge is 0.289 e. The fourth-order valence-corrected chi connectivity index (χ4v) is 5.06. The molecule has 0 spiro atoms. The maximum Gasteiger partial charge on any atom is 0.289 e. The van der Waals surface area contributed by atoms with Crippen LogP contribution >= 0.6 is 11.8 Å².